The van der Waals surface area contributed by atoms with Crippen molar-refractivity contribution in [3.8, 4) is 17.6 Å². The van der Waals surface area contributed by atoms with E-state index in [0.29, 0.717) is 22.6 Å². The number of benzene rings is 1. The zero-order valence-electron chi connectivity index (χ0n) is 11.5. The van der Waals surface area contributed by atoms with Gasteiger partial charge >= 0.3 is 0 Å². The molecule has 0 fully saturated rings. The molecule has 1 aromatic carbocycles. The predicted molar refractivity (Wildman–Crippen MR) is 79.1 cm³/mol. The Balaban J connectivity index is 2.19. The molecule has 0 saturated heterocycles. The fourth-order valence-electron chi connectivity index (χ4n) is 1.70. The second-order valence-corrected chi connectivity index (χ2v) is 4.06. The van der Waals surface area contributed by atoms with Crippen molar-refractivity contribution in [2.24, 2.45) is 0 Å². The lowest BCUT2D eigenvalue weighted by Crippen LogP contribution is -2.13. The van der Waals surface area contributed by atoms with Gasteiger partial charge in [-0.1, -0.05) is 11.8 Å². The van der Waals surface area contributed by atoms with E-state index in [0.717, 1.165) is 0 Å². The maximum atomic E-state index is 12.3. The molecule has 0 radical (unpaired) electrons. The molecule has 0 spiro atoms. The first-order valence-electron chi connectivity index (χ1n) is 6.23. The Morgan fingerprint density at radius 2 is 2.10 bits per heavy atom. The lowest BCUT2D eigenvalue weighted by Gasteiger charge is -2.07. The van der Waals surface area contributed by atoms with Crippen molar-refractivity contribution >= 4 is 11.6 Å². The van der Waals surface area contributed by atoms with Crippen molar-refractivity contribution in [2.75, 3.05) is 19.0 Å². The highest BCUT2D eigenvalue weighted by Crippen LogP contribution is 2.16. The summed E-state index contributed by atoms with van der Waals surface area (Å²) in [5.41, 5.74) is 1.53. The van der Waals surface area contributed by atoms with Crippen molar-refractivity contribution in [1.29, 1.82) is 0 Å². The summed E-state index contributed by atoms with van der Waals surface area (Å²) in [5.74, 6) is 5.64. The first-order chi connectivity index (χ1) is 10.2. The molecule has 0 aliphatic rings. The van der Waals surface area contributed by atoms with Gasteiger partial charge in [-0.05, 0) is 30.3 Å². The minimum atomic E-state index is -0.287. The molecule has 0 unspecified atom stereocenters. The third-order valence-corrected chi connectivity index (χ3v) is 2.72. The first-order valence-corrected chi connectivity index (χ1v) is 6.23. The fraction of sp³-hybridized carbons (Fsp3) is 0.125. The average molecular weight is 282 g/mol. The van der Waals surface area contributed by atoms with Crippen LogP contribution in [0.15, 0.2) is 42.7 Å². The van der Waals surface area contributed by atoms with E-state index in [1.54, 1.807) is 37.4 Å². The number of aromatic nitrogens is 1. The van der Waals surface area contributed by atoms with Crippen LogP contribution in [0.1, 0.15) is 15.9 Å². The van der Waals surface area contributed by atoms with Gasteiger partial charge in [0.1, 0.15) is 12.4 Å². The molecule has 1 heterocycles. The molecule has 2 N–H and O–H groups in total. The van der Waals surface area contributed by atoms with Crippen molar-refractivity contribution in [3.05, 3.63) is 53.9 Å². The molecule has 5 nitrogen and oxygen atoms in total. The summed E-state index contributed by atoms with van der Waals surface area (Å²) in [6, 6.07) is 8.59. The van der Waals surface area contributed by atoms with Crippen LogP contribution < -0.4 is 10.1 Å². The number of ether oxygens (including phenoxy) is 1. The minimum Gasteiger partial charge on any atom is -0.497 e. The standard InChI is InChI=1S/C16H14N2O3/c1-21-14-6-4-13(5-7-14)18-16(20)15-8-9-17-11-12(15)3-2-10-19/h4-9,11,19H,10H2,1H3,(H,18,20). The zero-order chi connectivity index (χ0) is 15.1. The number of aliphatic hydroxyl groups is 1. The van der Waals surface area contributed by atoms with Gasteiger partial charge in [-0.25, -0.2) is 0 Å². The largest absolute Gasteiger partial charge is 0.497 e. The molecule has 2 aromatic rings. The predicted octanol–water partition coefficient (Wildman–Crippen LogP) is 1.69. The number of rotatable bonds is 3. The van der Waals surface area contributed by atoms with Crippen LogP contribution >= 0.6 is 0 Å². The van der Waals surface area contributed by atoms with Gasteiger partial charge in [0.15, 0.2) is 0 Å². The van der Waals surface area contributed by atoms with E-state index in [1.165, 1.54) is 12.4 Å². The third kappa shape index (κ3) is 3.81. The zero-order valence-corrected chi connectivity index (χ0v) is 11.5. The van der Waals surface area contributed by atoms with Crippen LogP contribution in [0.2, 0.25) is 0 Å². The van der Waals surface area contributed by atoms with Crippen LogP contribution in [0.3, 0.4) is 0 Å². The molecule has 0 atom stereocenters. The van der Waals surface area contributed by atoms with Crippen LogP contribution in [0.4, 0.5) is 5.69 Å². The maximum absolute atomic E-state index is 12.3. The molecule has 1 amide bonds. The van der Waals surface area contributed by atoms with Gasteiger partial charge in [0.05, 0.1) is 18.2 Å². The van der Waals surface area contributed by atoms with Crippen LogP contribution in [-0.4, -0.2) is 29.7 Å². The van der Waals surface area contributed by atoms with E-state index in [1.807, 2.05) is 0 Å². The Kier molecular flexibility index (Phi) is 4.91. The summed E-state index contributed by atoms with van der Waals surface area (Å²) in [4.78, 5) is 16.2. The number of anilines is 1. The summed E-state index contributed by atoms with van der Waals surface area (Å²) in [6.07, 6.45) is 3.01. The molecule has 21 heavy (non-hydrogen) atoms. The van der Waals surface area contributed by atoms with Crippen LogP contribution in [-0.2, 0) is 0 Å². The first kappa shape index (κ1) is 14.6. The molecular formula is C16H14N2O3. The topological polar surface area (TPSA) is 71.5 Å². The number of carbonyl (C=O) groups is 1. The Hall–Kier alpha value is -2.84. The third-order valence-electron chi connectivity index (χ3n) is 2.72. The number of nitrogens with one attached hydrogen (secondary N) is 1. The van der Waals surface area contributed by atoms with Gasteiger partial charge < -0.3 is 15.2 Å². The van der Waals surface area contributed by atoms with E-state index in [-0.39, 0.29) is 12.5 Å². The minimum absolute atomic E-state index is 0.269. The van der Waals surface area contributed by atoms with Gasteiger partial charge in [0.2, 0.25) is 0 Å². The average Bonchev–Trinajstić information content (AvgIpc) is 2.54. The second-order valence-electron chi connectivity index (χ2n) is 4.06. The molecule has 106 valence electrons. The van der Waals surface area contributed by atoms with Gasteiger partial charge in [-0.3, -0.25) is 9.78 Å². The van der Waals surface area contributed by atoms with Crippen molar-refractivity contribution in [3.63, 3.8) is 0 Å². The Bertz CT molecular complexity index is 685. The molecular weight excluding hydrogens is 268 g/mol. The quantitative estimate of drug-likeness (QED) is 0.840. The van der Waals surface area contributed by atoms with Crippen molar-refractivity contribution in [1.82, 2.24) is 4.98 Å². The number of aliphatic hydroxyl groups excluding tert-OH is 1. The van der Waals surface area contributed by atoms with Crippen molar-refractivity contribution in [2.45, 2.75) is 0 Å². The Morgan fingerprint density at radius 3 is 2.76 bits per heavy atom. The van der Waals surface area contributed by atoms with Gasteiger partial charge in [-0.15, -0.1) is 0 Å². The molecule has 0 bridgehead atoms. The summed E-state index contributed by atoms with van der Waals surface area (Å²) in [7, 11) is 1.58. The highest BCUT2D eigenvalue weighted by Gasteiger charge is 2.10. The summed E-state index contributed by atoms with van der Waals surface area (Å²) in [5, 5.41) is 11.5. The van der Waals surface area contributed by atoms with Crippen LogP contribution in [0.25, 0.3) is 0 Å². The second kappa shape index (κ2) is 7.08. The number of carbonyl (C=O) groups excluding carboxylic acids is 1. The normalized spacial score (nSPS) is 9.43. The maximum Gasteiger partial charge on any atom is 0.257 e. The molecule has 0 aliphatic heterocycles. The van der Waals surface area contributed by atoms with Gasteiger partial charge in [0.25, 0.3) is 5.91 Å². The molecule has 5 heteroatoms. The number of hydrogen-bond acceptors (Lipinski definition) is 4. The highest BCUT2D eigenvalue weighted by atomic mass is 16.5. The molecule has 0 aliphatic carbocycles. The Morgan fingerprint density at radius 1 is 1.33 bits per heavy atom. The van der Waals surface area contributed by atoms with E-state index in [9.17, 15) is 4.79 Å². The summed E-state index contributed by atoms with van der Waals surface area (Å²) >= 11 is 0. The van der Waals surface area contributed by atoms with Crippen LogP contribution in [0.5, 0.6) is 5.75 Å². The number of amides is 1. The van der Waals surface area contributed by atoms with E-state index in [2.05, 4.69) is 22.1 Å². The monoisotopic (exact) mass is 282 g/mol. The molecule has 0 saturated carbocycles. The number of methoxy groups -OCH3 is 1. The lowest BCUT2D eigenvalue weighted by atomic mass is 10.1. The molecule has 2 rings (SSSR count). The SMILES string of the molecule is COc1ccc(NC(=O)c2ccncc2C#CCO)cc1. The summed E-state index contributed by atoms with van der Waals surface area (Å²) < 4.78 is 5.06. The highest BCUT2D eigenvalue weighted by molar-refractivity contribution is 6.05. The van der Waals surface area contributed by atoms with Crippen molar-refractivity contribution < 1.29 is 14.6 Å². The van der Waals surface area contributed by atoms with E-state index in [4.69, 9.17) is 9.84 Å². The van der Waals surface area contributed by atoms with E-state index >= 15 is 0 Å². The molecule has 1 aromatic heterocycles. The van der Waals surface area contributed by atoms with E-state index < -0.39 is 0 Å². The smallest absolute Gasteiger partial charge is 0.257 e. The van der Waals surface area contributed by atoms with Gasteiger partial charge in [-0.2, -0.15) is 0 Å². The summed E-state index contributed by atoms with van der Waals surface area (Å²) in [6.45, 7) is -0.269. The Labute approximate surface area is 122 Å². The van der Waals surface area contributed by atoms with Gasteiger partial charge in [0, 0.05) is 18.1 Å². The lowest BCUT2D eigenvalue weighted by molar-refractivity contribution is 0.102. The number of pyridine rings is 1. The number of nitrogens with zero attached hydrogens (tertiary/aromatic N) is 1. The number of hydrogen-bond donors (Lipinski definition) is 2. The van der Waals surface area contributed by atoms with Crippen LogP contribution in [0, 0.1) is 11.8 Å². The fourth-order valence-corrected chi connectivity index (χ4v) is 1.70.